The van der Waals surface area contributed by atoms with Gasteiger partial charge in [0.2, 0.25) is 5.95 Å². The van der Waals surface area contributed by atoms with Gasteiger partial charge in [-0.2, -0.15) is 4.98 Å². The fourth-order valence-corrected chi connectivity index (χ4v) is 5.46. The van der Waals surface area contributed by atoms with Gasteiger partial charge in [0.25, 0.3) is 5.91 Å². The van der Waals surface area contributed by atoms with Crippen LogP contribution in [0.4, 0.5) is 17.3 Å². The summed E-state index contributed by atoms with van der Waals surface area (Å²) in [5.74, 6) is 0.328. The number of rotatable bonds is 8. The highest BCUT2D eigenvalue weighted by Crippen LogP contribution is 2.36. The van der Waals surface area contributed by atoms with E-state index in [1.54, 1.807) is 16.6 Å². The molecule has 1 aliphatic rings. The van der Waals surface area contributed by atoms with Crippen molar-refractivity contribution in [1.29, 1.82) is 0 Å². The molecule has 0 unspecified atom stereocenters. The Morgan fingerprint density at radius 1 is 0.976 bits per heavy atom. The molecular formula is C32H32ClN7O2. The van der Waals surface area contributed by atoms with Crippen LogP contribution >= 0.6 is 11.6 Å². The molecule has 9 nitrogen and oxygen atoms in total. The van der Waals surface area contributed by atoms with E-state index >= 15 is 0 Å². The molecule has 6 rings (SSSR count). The van der Waals surface area contributed by atoms with Gasteiger partial charge in [-0.15, -0.1) is 5.10 Å². The van der Waals surface area contributed by atoms with Crippen molar-refractivity contribution in [3.05, 3.63) is 113 Å². The molecule has 10 heteroatoms. The van der Waals surface area contributed by atoms with Gasteiger partial charge >= 0.3 is 0 Å². The van der Waals surface area contributed by atoms with E-state index in [2.05, 4.69) is 25.6 Å². The molecule has 0 spiro atoms. The number of piperidine rings is 1. The first-order valence-corrected chi connectivity index (χ1v) is 14.4. The molecule has 0 bridgehead atoms. The summed E-state index contributed by atoms with van der Waals surface area (Å²) in [6, 6.07) is 24.5. The van der Waals surface area contributed by atoms with Crippen LogP contribution < -0.4 is 15.5 Å². The van der Waals surface area contributed by atoms with Gasteiger partial charge in [0.1, 0.15) is 0 Å². The lowest BCUT2D eigenvalue weighted by Crippen LogP contribution is -2.42. The predicted molar refractivity (Wildman–Crippen MR) is 165 cm³/mol. The average molecular weight is 582 g/mol. The molecule has 1 amide bonds. The Labute approximate surface area is 249 Å². The Balaban J connectivity index is 1.08. The van der Waals surface area contributed by atoms with Crippen molar-refractivity contribution in [3.8, 4) is 0 Å². The number of benzene rings is 2. The molecule has 0 saturated carbocycles. The number of aromatic nitrogens is 4. The smallest absolute Gasteiger partial charge is 0.251 e. The Morgan fingerprint density at radius 3 is 2.48 bits per heavy atom. The number of aliphatic hydroxyl groups is 1. The van der Waals surface area contributed by atoms with Crippen LogP contribution in [0.5, 0.6) is 0 Å². The highest BCUT2D eigenvalue weighted by Gasteiger charge is 2.34. The lowest BCUT2D eigenvalue weighted by molar-refractivity contribution is 0.0118. The van der Waals surface area contributed by atoms with E-state index in [0.717, 1.165) is 34.0 Å². The van der Waals surface area contributed by atoms with E-state index in [4.69, 9.17) is 16.6 Å². The van der Waals surface area contributed by atoms with E-state index in [0.29, 0.717) is 55.4 Å². The maximum absolute atomic E-state index is 12.6. The van der Waals surface area contributed by atoms with E-state index < -0.39 is 5.60 Å². The second-order valence-electron chi connectivity index (χ2n) is 10.6. The molecule has 3 aromatic heterocycles. The van der Waals surface area contributed by atoms with Crippen LogP contribution in [-0.2, 0) is 12.0 Å². The Bertz CT molecular complexity index is 1690. The molecule has 0 atom stereocenters. The summed E-state index contributed by atoms with van der Waals surface area (Å²) >= 11 is 6.04. The van der Waals surface area contributed by atoms with Gasteiger partial charge in [0.05, 0.1) is 11.3 Å². The van der Waals surface area contributed by atoms with Crippen molar-refractivity contribution in [2.24, 2.45) is 0 Å². The van der Waals surface area contributed by atoms with Crippen LogP contribution in [0.1, 0.15) is 40.2 Å². The molecule has 4 heterocycles. The molecule has 2 aromatic carbocycles. The van der Waals surface area contributed by atoms with Crippen LogP contribution in [0, 0.1) is 6.92 Å². The molecule has 214 valence electrons. The Morgan fingerprint density at radius 2 is 1.74 bits per heavy atom. The van der Waals surface area contributed by atoms with Gasteiger partial charge in [-0.3, -0.25) is 9.78 Å². The lowest BCUT2D eigenvalue weighted by Gasteiger charge is -2.39. The average Bonchev–Trinajstić information content (AvgIpc) is 3.41. The van der Waals surface area contributed by atoms with Crippen molar-refractivity contribution < 1.29 is 9.90 Å². The number of carbonyl (C=O) groups excluding carboxylic acids is 1. The maximum Gasteiger partial charge on any atom is 0.251 e. The SMILES string of the molecule is Cc1cccc(CCNC(=O)c2ccc(Nc3nc4c(N5CCC(O)(c6ccc(Cl)cc6)CC5)cccn4n3)cc2)n1. The second-order valence-corrected chi connectivity index (χ2v) is 11.0. The molecule has 1 fully saturated rings. The van der Waals surface area contributed by atoms with Gasteiger partial charge in [0, 0.05) is 59.9 Å². The molecule has 1 saturated heterocycles. The zero-order chi connectivity index (χ0) is 29.1. The maximum atomic E-state index is 12.6. The molecule has 42 heavy (non-hydrogen) atoms. The van der Waals surface area contributed by atoms with E-state index in [1.165, 1.54) is 0 Å². The molecule has 1 aliphatic heterocycles. The number of halogens is 1. The number of pyridine rings is 2. The lowest BCUT2D eigenvalue weighted by atomic mass is 9.84. The van der Waals surface area contributed by atoms with E-state index in [-0.39, 0.29) is 5.91 Å². The third-order valence-corrected chi connectivity index (χ3v) is 7.92. The monoisotopic (exact) mass is 581 g/mol. The van der Waals surface area contributed by atoms with E-state index in [9.17, 15) is 9.90 Å². The molecular weight excluding hydrogens is 550 g/mol. The van der Waals surface area contributed by atoms with Crippen LogP contribution in [0.3, 0.4) is 0 Å². The third kappa shape index (κ3) is 6.07. The number of aryl methyl sites for hydroxylation is 1. The highest BCUT2D eigenvalue weighted by molar-refractivity contribution is 6.30. The number of carbonyl (C=O) groups is 1. The first kappa shape index (κ1) is 27.7. The normalized spacial score (nSPS) is 14.6. The minimum absolute atomic E-state index is 0.130. The fraction of sp³-hybridized carbons (Fsp3) is 0.250. The molecule has 0 aliphatic carbocycles. The third-order valence-electron chi connectivity index (χ3n) is 7.67. The van der Waals surface area contributed by atoms with E-state index in [1.807, 2.05) is 79.9 Å². The van der Waals surface area contributed by atoms with Crippen molar-refractivity contribution >= 4 is 40.5 Å². The summed E-state index contributed by atoms with van der Waals surface area (Å²) < 4.78 is 1.75. The van der Waals surface area contributed by atoms with Gasteiger partial charge < -0.3 is 20.6 Å². The number of anilines is 3. The summed E-state index contributed by atoms with van der Waals surface area (Å²) in [6.45, 7) is 3.83. The first-order chi connectivity index (χ1) is 20.4. The molecule has 5 aromatic rings. The van der Waals surface area contributed by atoms with Crippen molar-refractivity contribution in [2.75, 3.05) is 29.9 Å². The van der Waals surface area contributed by atoms with Gasteiger partial charge in [-0.25, -0.2) is 4.52 Å². The molecule has 3 N–H and O–H groups in total. The van der Waals surface area contributed by atoms with Crippen molar-refractivity contribution in [1.82, 2.24) is 24.9 Å². The molecule has 0 radical (unpaired) electrons. The summed E-state index contributed by atoms with van der Waals surface area (Å²) in [4.78, 5) is 24.1. The standard InChI is InChI=1S/C32H32ClN7O2/c1-22-4-2-5-26(35-22)15-18-34-30(41)23-7-13-27(14-8-23)36-31-37-29-28(6-3-19-40(29)38-31)39-20-16-32(42,17-21-39)24-9-11-25(33)12-10-24/h2-14,19,42H,15-18,20-21H2,1H3,(H,34,41)(H,36,38). The Kier molecular flexibility index (Phi) is 7.78. The van der Waals surface area contributed by atoms with Crippen LogP contribution in [0.15, 0.2) is 85.1 Å². The first-order valence-electron chi connectivity index (χ1n) is 14.0. The second kappa shape index (κ2) is 11.8. The zero-order valence-electron chi connectivity index (χ0n) is 23.3. The number of nitrogens with one attached hydrogen (secondary N) is 2. The van der Waals surface area contributed by atoms with Crippen LogP contribution in [-0.4, -0.2) is 50.2 Å². The number of nitrogens with zero attached hydrogens (tertiary/aromatic N) is 5. The number of hydrogen-bond donors (Lipinski definition) is 3. The Hall–Kier alpha value is -4.47. The predicted octanol–water partition coefficient (Wildman–Crippen LogP) is 5.29. The highest BCUT2D eigenvalue weighted by atomic mass is 35.5. The number of fused-ring (bicyclic) bond motifs is 1. The summed E-state index contributed by atoms with van der Waals surface area (Å²) in [7, 11) is 0. The van der Waals surface area contributed by atoms with Crippen molar-refractivity contribution in [2.45, 2.75) is 31.8 Å². The minimum atomic E-state index is -0.881. The largest absolute Gasteiger partial charge is 0.385 e. The van der Waals surface area contributed by atoms with Gasteiger partial charge in [0.15, 0.2) is 5.65 Å². The number of hydrogen-bond acceptors (Lipinski definition) is 7. The minimum Gasteiger partial charge on any atom is -0.385 e. The number of amides is 1. The summed E-state index contributed by atoms with van der Waals surface area (Å²) in [6.07, 6.45) is 3.73. The topological polar surface area (TPSA) is 108 Å². The van der Waals surface area contributed by atoms with Gasteiger partial charge in [-0.05, 0) is 86.0 Å². The zero-order valence-corrected chi connectivity index (χ0v) is 24.1. The van der Waals surface area contributed by atoms with Crippen LogP contribution in [0.25, 0.3) is 5.65 Å². The van der Waals surface area contributed by atoms with Gasteiger partial charge in [-0.1, -0.05) is 29.8 Å². The summed E-state index contributed by atoms with van der Waals surface area (Å²) in [5.41, 5.74) is 4.98. The van der Waals surface area contributed by atoms with Crippen molar-refractivity contribution in [3.63, 3.8) is 0 Å². The summed E-state index contributed by atoms with van der Waals surface area (Å²) in [5, 5.41) is 22.8. The quantitative estimate of drug-likeness (QED) is 0.228. The van der Waals surface area contributed by atoms with Crippen LogP contribution in [0.2, 0.25) is 5.02 Å². The fourth-order valence-electron chi connectivity index (χ4n) is 5.34.